The monoisotopic (exact) mass is 409 g/mol. The number of aryl methyl sites for hydroxylation is 1. The zero-order chi connectivity index (χ0) is 20.5. The normalized spacial score (nSPS) is 11.9. The molecule has 28 heavy (non-hydrogen) atoms. The molecule has 0 fully saturated rings. The second-order valence-corrected chi connectivity index (χ2v) is 7.84. The largest absolute Gasteiger partial charge is 0.341 e. The number of nitrogens with zero attached hydrogens (tertiary/aromatic N) is 2. The lowest BCUT2D eigenvalue weighted by Gasteiger charge is -2.11. The highest BCUT2D eigenvalue weighted by molar-refractivity contribution is 7.91. The molecule has 0 spiro atoms. The number of hydrogen-bond acceptors (Lipinski definition) is 4. The van der Waals surface area contributed by atoms with Crippen molar-refractivity contribution in [2.45, 2.75) is 30.7 Å². The minimum absolute atomic E-state index is 0.264. The highest BCUT2D eigenvalue weighted by Gasteiger charge is 2.29. The number of hydrogen-bond donors (Lipinski definition) is 1. The summed E-state index contributed by atoms with van der Waals surface area (Å²) in [7, 11) is -4.89. The lowest BCUT2D eigenvalue weighted by molar-refractivity contribution is -0.116. The molecular weight excluding hydrogens is 392 g/mol. The lowest BCUT2D eigenvalue weighted by Crippen LogP contribution is -2.29. The molecule has 0 aliphatic rings. The fraction of sp³-hybridized carbons (Fsp3) is 0.222. The molecule has 0 unspecified atom stereocenters. The lowest BCUT2D eigenvalue weighted by atomic mass is 10.3. The smallest absolute Gasteiger partial charge is 0.323 e. The van der Waals surface area contributed by atoms with Gasteiger partial charge in [0, 0.05) is 6.54 Å². The van der Waals surface area contributed by atoms with Crippen LogP contribution in [0.25, 0.3) is 11.0 Å². The van der Waals surface area contributed by atoms with Gasteiger partial charge in [-0.15, -0.1) is 0 Å². The van der Waals surface area contributed by atoms with Gasteiger partial charge in [0.25, 0.3) is 0 Å². The number of benzene rings is 2. The number of anilines is 1. The molecule has 1 N–H and O–H groups in total. The SMILES string of the molecule is CCn1c(=O)n(CC(=O)Nc2ccccc2S(=O)(=O)C(F)F)c2ccccc21. The van der Waals surface area contributed by atoms with E-state index < -0.39 is 38.6 Å². The van der Waals surface area contributed by atoms with Crippen molar-refractivity contribution in [2.24, 2.45) is 0 Å². The zero-order valence-electron chi connectivity index (χ0n) is 14.8. The second kappa shape index (κ2) is 7.55. The number of amides is 1. The van der Waals surface area contributed by atoms with Crippen LogP contribution in [0.1, 0.15) is 6.92 Å². The number of fused-ring (bicyclic) bond motifs is 1. The number of carbonyl (C=O) groups excluding carboxylic acids is 1. The van der Waals surface area contributed by atoms with E-state index in [1.165, 1.54) is 27.3 Å². The molecule has 2 aromatic carbocycles. The summed E-state index contributed by atoms with van der Waals surface area (Å²) in [6.07, 6.45) is 0. The second-order valence-electron chi connectivity index (χ2n) is 5.95. The predicted octanol–water partition coefficient (Wildman–Crippen LogP) is 2.46. The average molecular weight is 409 g/mol. The Hall–Kier alpha value is -3.01. The molecule has 1 aromatic heterocycles. The molecule has 10 heteroatoms. The Balaban J connectivity index is 1.95. The van der Waals surface area contributed by atoms with E-state index in [9.17, 15) is 26.8 Å². The van der Waals surface area contributed by atoms with Gasteiger partial charge in [0.15, 0.2) is 0 Å². The van der Waals surface area contributed by atoms with Crippen molar-refractivity contribution in [3.8, 4) is 0 Å². The van der Waals surface area contributed by atoms with Crippen molar-refractivity contribution in [1.29, 1.82) is 0 Å². The average Bonchev–Trinajstić information content (AvgIpc) is 2.93. The molecule has 3 rings (SSSR count). The van der Waals surface area contributed by atoms with E-state index >= 15 is 0 Å². The maximum atomic E-state index is 12.9. The summed E-state index contributed by atoms with van der Waals surface area (Å²) in [6, 6.07) is 11.8. The minimum Gasteiger partial charge on any atom is -0.323 e. The fourth-order valence-electron chi connectivity index (χ4n) is 2.98. The summed E-state index contributed by atoms with van der Waals surface area (Å²) in [5.74, 6) is -4.33. The molecule has 0 saturated carbocycles. The van der Waals surface area contributed by atoms with Crippen LogP contribution in [-0.4, -0.2) is 29.2 Å². The molecule has 1 amide bonds. The van der Waals surface area contributed by atoms with Gasteiger partial charge in [-0.1, -0.05) is 24.3 Å². The molecule has 0 bridgehead atoms. The Bertz CT molecular complexity index is 1200. The van der Waals surface area contributed by atoms with Crippen molar-refractivity contribution in [3.05, 3.63) is 59.0 Å². The van der Waals surface area contributed by atoms with E-state index in [2.05, 4.69) is 5.32 Å². The third-order valence-electron chi connectivity index (χ3n) is 4.25. The number of rotatable bonds is 6. The molecule has 0 saturated heterocycles. The Morgan fingerprint density at radius 3 is 2.21 bits per heavy atom. The van der Waals surface area contributed by atoms with Crippen molar-refractivity contribution in [2.75, 3.05) is 5.32 Å². The van der Waals surface area contributed by atoms with E-state index in [0.717, 1.165) is 6.07 Å². The van der Waals surface area contributed by atoms with Crippen molar-refractivity contribution in [3.63, 3.8) is 0 Å². The predicted molar refractivity (Wildman–Crippen MR) is 100 cm³/mol. The van der Waals surface area contributed by atoms with Crippen molar-refractivity contribution >= 4 is 32.5 Å². The molecule has 7 nitrogen and oxygen atoms in total. The van der Waals surface area contributed by atoms with Crippen LogP contribution in [0.3, 0.4) is 0 Å². The summed E-state index contributed by atoms with van der Waals surface area (Å²) < 4.78 is 52.1. The van der Waals surface area contributed by atoms with Crippen LogP contribution in [0, 0.1) is 0 Å². The molecule has 0 aliphatic carbocycles. The van der Waals surface area contributed by atoms with Crippen LogP contribution in [0.15, 0.2) is 58.2 Å². The van der Waals surface area contributed by atoms with Gasteiger partial charge in [-0.3, -0.25) is 13.9 Å². The third kappa shape index (κ3) is 3.42. The number of nitrogens with one attached hydrogen (secondary N) is 1. The Labute approximate surface area is 159 Å². The maximum absolute atomic E-state index is 12.9. The van der Waals surface area contributed by atoms with Gasteiger partial charge in [0.2, 0.25) is 15.7 Å². The Kier molecular flexibility index (Phi) is 5.32. The summed E-state index contributed by atoms with van der Waals surface area (Å²) >= 11 is 0. The van der Waals surface area contributed by atoms with Gasteiger partial charge in [-0.25, -0.2) is 13.2 Å². The molecule has 0 atom stereocenters. The number of carbonyl (C=O) groups is 1. The van der Waals surface area contributed by atoms with Gasteiger partial charge in [0.1, 0.15) is 6.54 Å². The molecule has 148 valence electrons. The first-order valence-electron chi connectivity index (χ1n) is 8.36. The molecule has 3 aromatic rings. The zero-order valence-corrected chi connectivity index (χ0v) is 15.6. The number of halogens is 2. The van der Waals surface area contributed by atoms with E-state index in [4.69, 9.17) is 0 Å². The van der Waals surface area contributed by atoms with Crippen LogP contribution in [-0.2, 0) is 27.7 Å². The first kappa shape index (κ1) is 19.7. The van der Waals surface area contributed by atoms with Crippen LogP contribution < -0.4 is 11.0 Å². The first-order chi connectivity index (χ1) is 13.3. The van der Waals surface area contributed by atoms with Crippen molar-refractivity contribution < 1.29 is 22.0 Å². The topological polar surface area (TPSA) is 90.2 Å². The maximum Gasteiger partial charge on any atom is 0.341 e. The summed E-state index contributed by atoms with van der Waals surface area (Å²) in [5, 5.41) is 2.32. The summed E-state index contributed by atoms with van der Waals surface area (Å²) in [5.41, 5.74) is 0.536. The highest BCUT2D eigenvalue weighted by atomic mass is 32.2. The van der Waals surface area contributed by atoms with E-state index in [-0.39, 0.29) is 5.69 Å². The van der Waals surface area contributed by atoms with Gasteiger partial charge >= 0.3 is 11.4 Å². The number of para-hydroxylation sites is 3. The number of aromatic nitrogens is 2. The fourth-order valence-corrected chi connectivity index (χ4v) is 3.86. The number of sulfone groups is 1. The third-order valence-corrected chi connectivity index (χ3v) is 5.68. The molecule has 0 radical (unpaired) electrons. The van der Waals surface area contributed by atoms with E-state index in [1.807, 2.05) is 0 Å². The quantitative estimate of drug-likeness (QED) is 0.677. The van der Waals surface area contributed by atoms with Crippen LogP contribution in [0.4, 0.5) is 14.5 Å². The van der Waals surface area contributed by atoms with Crippen molar-refractivity contribution in [1.82, 2.24) is 9.13 Å². The number of alkyl halides is 2. The van der Waals surface area contributed by atoms with Crippen LogP contribution in [0.2, 0.25) is 0 Å². The molecule has 1 heterocycles. The molecular formula is C18H17F2N3O4S. The molecule has 0 aliphatic heterocycles. The first-order valence-corrected chi connectivity index (χ1v) is 9.91. The summed E-state index contributed by atoms with van der Waals surface area (Å²) in [4.78, 5) is 24.4. The van der Waals surface area contributed by atoms with Gasteiger partial charge in [-0.05, 0) is 31.2 Å². The van der Waals surface area contributed by atoms with E-state index in [0.29, 0.717) is 17.6 Å². The minimum atomic E-state index is -4.89. The van der Waals surface area contributed by atoms with Gasteiger partial charge in [0.05, 0.1) is 21.6 Å². The highest BCUT2D eigenvalue weighted by Crippen LogP contribution is 2.26. The Morgan fingerprint density at radius 1 is 1.04 bits per heavy atom. The van der Waals surface area contributed by atoms with Gasteiger partial charge in [-0.2, -0.15) is 8.78 Å². The van der Waals surface area contributed by atoms with Crippen LogP contribution >= 0.6 is 0 Å². The standard InChI is InChI=1S/C18H17F2N3O4S/c1-2-22-13-8-4-5-9-14(13)23(18(22)25)11-16(24)21-12-7-3-6-10-15(12)28(26,27)17(19)20/h3-10,17H,2,11H2,1H3,(H,21,24). The Morgan fingerprint density at radius 2 is 1.61 bits per heavy atom. The van der Waals surface area contributed by atoms with Crippen LogP contribution in [0.5, 0.6) is 0 Å². The number of imidazole rings is 1. The van der Waals surface area contributed by atoms with E-state index in [1.54, 1.807) is 31.2 Å². The van der Waals surface area contributed by atoms with Gasteiger partial charge < -0.3 is 5.32 Å². The summed E-state index contributed by atoms with van der Waals surface area (Å²) in [6.45, 7) is 1.81.